The number of nitrogens with zero attached hydrogens (tertiary/aromatic N) is 5. The average molecular weight is 1010 g/mol. The number of nitrogen functional groups attached to an aromatic ring is 1. The monoisotopic (exact) mass is 1010 g/mol. The largest absolute Gasteiger partial charge is 0.497 e. The molecule has 0 saturated carbocycles. The van der Waals surface area contributed by atoms with Crippen LogP contribution in [0.3, 0.4) is 0 Å². The molecule has 4 aliphatic heterocycles. The number of nitrogens with one attached hydrogen (secondary N) is 1. The second-order valence-electron chi connectivity index (χ2n) is 16.8. The molecule has 9 rings (SSSR count). The number of aliphatic imine (C=N–C) groups is 2. The van der Waals surface area contributed by atoms with E-state index in [2.05, 4.69) is 37.8 Å². The molecule has 11 nitrogen and oxygen atoms in total. The smallest absolute Gasteiger partial charge is 0.389 e. The minimum Gasteiger partial charge on any atom is -0.497 e. The molecule has 0 amide bonds. The Morgan fingerprint density at radius 2 is 1.72 bits per heavy atom. The number of halogens is 5. The van der Waals surface area contributed by atoms with Crippen LogP contribution < -0.4 is 30.2 Å². The van der Waals surface area contributed by atoms with Gasteiger partial charge in [-0.1, -0.05) is 48.9 Å². The number of methoxy groups -OCH3 is 2. The molecule has 64 heavy (non-hydrogen) atoms. The van der Waals surface area contributed by atoms with E-state index in [9.17, 15) is 4.39 Å². The van der Waals surface area contributed by atoms with Crippen LogP contribution in [0.4, 0.5) is 30.4 Å². The molecule has 16 heteroatoms. The number of benzene rings is 4. The Labute approximate surface area is 389 Å². The summed E-state index contributed by atoms with van der Waals surface area (Å²) in [7, 11) is 3.20. The summed E-state index contributed by atoms with van der Waals surface area (Å²) in [4.78, 5) is 18.2. The molecule has 1 unspecified atom stereocenters. The summed E-state index contributed by atoms with van der Waals surface area (Å²) in [6, 6.07) is 19.6. The van der Waals surface area contributed by atoms with Crippen molar-refractivity contribution in [1.29, 1.82) is 0 Å². The van der Waals surface area contributed by atoms with E-state index in [4.69, 9.17) is 46.3 Å². The molecular weight excluding hydrogens is 958 g/mol. The lowest BCUT2D eigenvalue weighted by Gasteiger charge is -2.31. The first-order valence-corrected chi connectivity index (χ1v) is 22.7. The molecule has 0 radical (unpaired) electrons. The summed E-state index contributed by atoms with van der Waals surface area (Å²) in [6.07, 6.45) is 2.33. The number of nitrogens with two attached hydrogens (primary N) is 1. The van der Waals surface area contributed by atoms with Crippen LogP contribution in [0.1, 0.15) is 59.9 Å². The van der Waals surface area contributed by atoms with Crippen LogP contribution in [-0.4, -0.2) is 80.0 Å². The maximum Gasteiger partial charge on any atom is 0.389 e. The summed E-state index contributed by atoms with van der Waals surface area (Å²) >= 11 is 9.47. The van der Waals surface area contributed by atoms with Gasteiger partial charge < -0.3 is 34.9 Å². The molecule has 3 N–H and O–H groups in total. The Kier molecular flexibility index (Phi) is 12.3. The molecule has 5 heterocycles. The third-order valence-electron chi connectivity index (χ3n) is 12.9. The number of hydrogen-bond donors (Lipinski definition) is 2. The zero-order valence-corrected chi connectivity index (χ0v) is 38.8. The molecule has 4 aliphatic rings. The summed E-state index contributed by atoms with van der Waals surface area (Å²) < 4.78 is 75.1. The SMILES string of the molecule is COc1ccc(CN(Cc2ccc(OC)cc2)c2c(F)c(-c3c(F)c4c5c(c3Cl)NCN=C5C([C@H](C)c3cccnc3N)N=C(OC[C@@]35CCCN3C[C@H](F)C5)O4)cc(C)c2I)cc1. The topological polar surface area (TPSA) is 119 Å². The van der Waals surface area contributed by atoms with Crippen molar-refractivity contribution in [3.05, 3.63) is 121 Å². The summed E-state index contributed by atoms with van der Waals surface area (Å²) in [5, 5.41) is 3.19. The molecular formula is C48H48ClF3IN7O4. The summed E-state index contributed by atoms with van der Waals surface area (Å²) in [5.41, 5.74) is 10.0. The molecule has 4 aromatic carbocycles. The number of aryl methyl sites for hydroxylation is 1. The van der Waals surface area contributed by atoms with E-state index in [0.29, 0.717) is 69.5 Å². The van der Waals surface area contributed by atoms with Crippen LogP contribution in [0.25, 0.3) is 11.1 Å². The highest BCUT2D eigenvalue weighted by molar-refractivity contribution is 14.1. The van der Waals surface area contributed by atoms with Crippen molar-refractivity contribution in [3.63, 3.8) is 0 Å². The fourth-order valence-electron chi connectivity index (χ4n) is 9.60. The minimum atomic E-state index is -0.993. The van der Waals surface area contributed by atoms with Gasteiger partial charge in [0.1, 0.15) is 42.8 Å². The van der Waals surface area contributed by atoms with E-state index in [1.165, 1.54) is 0 Å². The van der Waals surface area contributed by atoms with E-state index in [1.807, 2.05) is 73.3 Å². The number of rotatable bonds is 12. The third-order valence-corrected chi connectivity index (χ3v) is 14.6. The molecule has 0 bridgehead atoms. The highest BCUT2D eigenvalue weighted by Crippen LogP contribution is 2.51. The van der Waals surface area contributed by atoms with Crippen molar-refractivity contribution in [1.82, 2.24) is 9.88 Å². The highest BCUT2D eigenvalue weighted by atomic mass is 127. The highest BCUT2D eigenvalue weighted by Gasteiger charge is 2.50. The standard InChI is InChI=1S/C48H48ClF3IN7O4/c1-26-19-34(38(51)44(40(26)53)59(21-28-8-12-31(61-3)13-9-28)22-29-10-14-32(62-4)15-11-29)35-37(49)42-36-43(57-25-56-42)41(27(2)33-7-5-17-55-46(33)54)58-47(64-45(36)39(35)52)63-24-48-16-6-18-60(48)23-30(50)20-48/h5,7-15,17,19,27,30,41,56H,6,16,18,20-25H2,1-4H3,(H2,54,55)/t27-,30-,41?,48+/m1/s1. The number of anilines is 3. The van der Waals surface area contributed by atoms with E-state index in [0.717, 1.165) is 30.5 Å². The van der Waals surface area contributed by atoms with Gasteiger partial charge in [-0.3, -0.25) is 9.89 Å². The van der Waals surface area contributed by atoms with Gasteiger partial charge >= 0.3 is 6.08 Å². The van der Waals surface area contributed by atoms with E-state index in [1.54, 1.807) is 32.5 Å². The second-order valence-corrected chi connectivity index (χ2v) is 18.3. The van der Waals surface area contributed by atoms with Gasteiger partial charge in [-0.25, -0.2) is 23.1 Å². The molecule has 0 aliphatic carbocycles. The van der Waals surface area contributed by atoms with Gasteiger partial charge in [0.25, 0.3) is 0 Å². The predicted molar refractivity (Wildman–Crippen MR) is 253 cm³/mol. The van der Waals surface area contributed by atoms with Gasteiger partial charge in [0.05, 0.1) is 47.4 Å². The van der Waals surface area contributed by atoms with Crippen LogP contribution in [0.15, 0.2) is 82.9 Å². The van der Waals surface area contributed by atoms with E-state index >= 15 is 8.78 Å². The summed E-state index contributed by atoms with van der Waals surface area (Å²) in [5.74, 6) is -0.615. The maximum absolute atomic E-state index is 18.0. The van der Waals surface area contributed by atoms with Gasteiger partial charge in [-0.05, 0) is 108 Å². The van der Waals surface area contributed by atoms with Crippen LogP contribution in [0.5, 0.6) is 17.2 Å². The molecule has 1 aromatic heterocycles. The predicted octanol–water partition coefficient (Wildman–Crippen LogP) is 10.1. The van der Waals surface area contributed by atoms with E-state index in [-0.39, 0.29) is 52.5 Å². The second kappa shape index (κ2) is 18.0. The lowest BCUT2D eigenvalue weighted by Crippen LogP contribution is -2.43. The fourth-order valence-corrected chi connectivity index (χ4v) is 10.7. The zero-order chi connectivity index (χ0) is 44.9. The number of alkyl halides is 1. The van der Waals surface area contributed by atoms with Crippen molar-refractivity contribution < 1.29 is 32.1 Å². The van der Waals surface area contributed by atoms with Crippen LogP contribution in [0.2, 0.25) is 5.02 Å². The van der Waals surface area contributed by atoms with Gasteiger partial charge in [-0.2, -0.15) is 0 Å². The van der Waals surface area contributed by atoms with Crippen molar-refractivity contribution in [3.8, 4) is 28.4 Å². The molecule has 5 aromatic rings. The number of aromatic nitrogens is 1. The van der Waals surface area contributed by atoms with Crippen LogP contribution in [-0.2, 0) is 17.8 Å². The van der Waals surface area contributed by atoms with Crippen molar-refractivity contribution in [2.24, 2.45) is 9.98 Å². The molecule has 334 valence electrons. The van der Waals surface area contributed by atoms with Gasteiger partial charge in [0.2, 0.25) is 0 Å². The molecule has 4 atom stereocenters. The lowest BCUT2D eigenvalue weighted by molar-refractivity contribution is 0.0898. The van der Waals surface area contributed by atoms with E-state index < -0.39 is 35.3 Å². The Hall–Kier alpha value is -5.26. The normalized spacial score (nSPS) is 20.5. The molecule has 2 saturated heterocycles. The first-order valence-electron chi connectivity index (χ1n) is 21.2. The minimum absolute atomic E-state index is 0.0494. The van der Waals surface area contributed by atoms with Crippen LogP contribution in [0, 0.1) is 22.1 Å². The van der Waals surface area contributed by atoms with Gasteiger partial charge in [-0.15, -0.1) is 0 Å². The summed E-state index contributed by atoms with van der Waals surface area (Å²) in [6.45, 7) is 5.62. The lowest BCUT2D eigenvalue weighted by atomic mass is 9.85. The average Bonchev–Trinajstić information content (AvgIpc) is 3.77. The van der Waals surface area contributed by atoms with Gasteiger partial charge in [0.15, 0.2) is 17.4 Å². The van der Waals surface area contributed by atoms with Crippen LogP contribution >= 0.6 is 34.2 Å². The number of hydrogen-bond acceptors (Lipinski definition) is 11. The molecule has 0 spiro atoms. The Bertz CT molecular complexity index is 2610. The Balaban J connectivity index is 1.18. The first-order chi connectivity index (χ1) is 30.9. The number of fused-ring (bicyclic) bond motifs is 1. The third kappa shape index (κ3) is 8.08. The Morgan fingerprint density at radius 3 is 2.38 bits per heavy atom. The fraction of sp³-hybridized carbons (Fsp3) is 0.354. The zero-order valence-electron chi connectivity index (χ0n) is 35.9. The van der Waals surface area contributed by atoms with Crippen molar-refractivity contribution in [2.45, 2.75) is 69.9 Å². The van der Waals surface area contributed by atoms with Crippen molar-refractivity contribution >= 4 is 63.2 Å². The number of pyridine rings is 1. The maximum atomic E-state index is 18.0. The van der Waals surface area contributed by atoms with Crippen molar-refractivity contribution in [2.75, 3.05) is 56.5 Å². The quantitative estimate of drug-likeness (QED) is 0.118. The molecule has 2 fully saturated rings. The van der Waals surface area contributed by atoms with Gasteiger partial charge in [0, 0.05) is 52.9 Å². The first kappa shape index (κ1) is 44.0. The Morgan fingerprint density at radius 1 is 1.03 bits per heavy atom. The number of ether oxygens (including phenoxy) is 4.